The Morgan fingerprint density at radius 2 is 1.35 bits per heavy atom. The fourth-order valence-electron chi connectivity index (χ4n) is 1.32. The highest BCUT2D eigenvalue weighted by Crippen LogP contribution is 1.99. The van der Waals surface area contributed by atoms with E-state index in [-0.39, 0.29) is 0 Å². The molecule has 0 spiro atoms. The molecule has 0 heterocycles. The first-order valence-corrected chi connectivity index (χ1v) is 7.67. The van der Waals surface area contributed by atoms with Crippen molar-refractivity contribution < 1.29 is 0 Å². The first kappa shape index (κ1) is 19.5. The second kappa shape index (κ2) is 16.2. The van der Waals surface area contributed by atoms with Crippen LogP contribution in [0.4, 0.5) is 0 Å². The van der Waals surface area contributed by atoms with Crippen molar-refractivity contribution in [3.63, 3.8) is 0 Å². The molecule has 0 fully saturated rings. The van der Waals surface area contributed by atoms with Crippen LogP contribution in [0.15, 0.2) is 0 Å². The van der Waals surface area contributed by atoms with Crippen molar-refractivity contribution in [3.8, 4) is 0 Å². The van der Waals surface area contributed by atoms with Gasteiger partial charge >= 0.3 is 0 Å². The molecule has 0 rings (SSSR count). The lowest BCUT2D eigenvalue weighted by Gasteiger charge is -2.20. The first-order chi connectivity index (χ1) is 8.13. The van der Waals surface area contributed by atoms with Gasteiger partial charge in [0.15, 0.2) is 0 Å². The fourth-order valence-corrected chi connectivity index (χ4v) is 1.70. The van der Waals surface area contributed by atoms with Gasteiger partial charge in [-0.2, -0.15) is 0 Å². The Balaban J connectivity index is 0. The molecule has 104 valence electrons. The van der Waals surface area contributed by atoms with E-state index in [4.69, 9.17) is 12.2 Å². The summed E-state index contributed by atoms with van der Waals surface area (Å²) in [7, 11) is 0. The Hall–Kier alpha value is 0.200. The van der Waals surface area contributed by atoms with E-state index in [1.807, 2.05) is 0 Å². The van der Waals surface area contributed by atoms with Gasteiger partial charge in [0.1, 0.15) is 4.32 Å². The van der Waals surface area contributed by atoms with Crippen LogP contribution in [0.25, 0.3) is 0 Å². The van der Waals surface area contributed by atoms with E-state index in [9.17, 15) is 0 Å². The van der Waals surface area contributed by atoms with Crippen molar-refractivity contribution in [2.45, 2.75) is 53.4 Å². The molecule has 0 aromatic rings. The van der Waals surface area contributed by atoms with Crippen LogP contribution < -0.4 is 5.32 Å². The number of hydrogen-bond acceptors (Lipinski definition) is 2. The van der Waals surface area contributed by atoms with Gasteiger partial charge in [-0.15, -0.1) is 12.6 Å². The molecule has 0 aliphatic rings. The highest BCUT2D eigenvalue weighted by Gasteiger charge is 2.01. The number of thiol groups is 1. The molecule has 0 aromatic carbocycles. The maximum atomic E-state index is 4.94. The number of thiocarbonyl (C=S) groups is 1. The molecule has 0 amide bonds. The van der Waals surface area contributed by atoms with Crippen LogP contribution in [0.1, 0.15) is 53.4 Å². The van der Waals surface area contributed by atoms with Crippen molar-refractivity contribution in [1.82, 2.24) is 10.2 Å². The topological polar surface area (TPSA) is 15.3 Å². The lowest BCUT2D eigenvalue weighted by molar-refractivity contribution is 0.431. The van der Waals surface area contributed by atoms with Gasteiger partial charge in [0, 0.05) is 13.1 Å². The summed E-state index contributed by atoms with van der Waals surface area (Å²) in [4.78, 5) is 2.12. The smallest absolute Gasteiger partial charge is 0.133 e. The molecule has 17 heavy (non-hydrogen) atoms. The fraction of sp³-hybridized carbons (Fsp3) is 0.923. The minimum absolute atomic E-state index is 0.726. The highest BCUT2D eigenvalue weighted by atomic mass is 32.1. The molecule has 0 unspecified atom stereocenters. The average molecular weight is 279 g/mol. The van der Waals surface area contributed by atoms with Crippen LogP contribution in [0.2, 0.25) is 0 Å². The van der Waals surface area contributed by atoms with Crippen molar-refractivity contribution in [1.29, 1.82) is 0 Å². The van der Waals surface area contributed by atoms with E-state index in [0.29, 0.717) is 0 Å². The summed E-state index contributed by atoms with van der Waals surface area (Å²) < 4.78 is 0.726. The zero-order valence-electron chi connectivity index (χ0n) is 12.0. The van der Waals surface area contributed by atoms with Crippen LogP contribution in [0, 0.1) is 0 Å². The third-order valence-corrected chi connectivity index (χ3v) is 2.65. The van der Waals surface area contributed by atoms with Gasteiger partial charge < -0.3 is 10.2 Å². The SMILES string of the molecule is CCCN(CCC)C(=S)S.CCCNCCC. The number of nitrogens with zero attached hydrogens (tertiary/aromatic N) is 1. The lowest BCUT2D eigenvalue weighted by Crippen LogP contribution is -2.27. The van der Waals surface area contributed by atoms with E-state index in [2.05, 4.69) is 50.5 Å². The third-order valence-electron chi connectivity index (χ3n) is 2.11. The summed E-state index contributed by atoms with van der Waals surface area (Å²) in [6.45, 7) is 13.1. The molecule has 0 bridgehead atoms. The van der Waals surface area contributed by atoms with Gasteiger partial charge in [0.25, 0.3) is 0 Å². The molecule has 0 radical (unpaired) electrons. The Bertz CT molecular complexity index is 153. The highest BCUT2D eigenvalue weighted by molar-refractivity contribution is 8.10. The van der Waals surface area contributed by atoms with Crippen LogP contribution in [-0.2, 0) is 0 Å². The normalized spacial score (nSPS) is 9.47. The summed E-state index contributed by atoms with van der Waals surface area (Å²) >= 11 is 9.06. The molecule has 0 aliphatic carbocycles. The van der Waals surface area contributed by atoms with E-state index >= 15 is 0 Å². The van der Waals surface area contributed by atoms with Crippen LogP contribution in [0.5, 0.6) is 0 Å². The first-order valence-electron chi connectivity index (χ1n) is 6.82. The lowest BCUT2D eigenvalue weighted by atomic mass is 10.4. The summed E-state index contributed by atoms with van der Waals surface area (Å²) in [5, 5.41) is 3.28. The van der Waals surface area contributed by atoms with Crippen molar-refractivity contribution in [2.24, 2.45) is 0 Å². The standard InChI is InChI=1S/C7H15NS2.C6H15N/c1-3-5-8(6-4-2)7(9)10;1-3-5-7-6-4-2/h3-6H2,1-2H3,(H,9,10);7H,3-6H2,1-2H3. The van der Waals surface area contributed by atoms with E-state index < -0.39 is 0 Å². The maximum Gasteiger partial charge on any atom is 0.133 e. The Morgan fingerprint density at radius 1 is 0.941 bits per heavy atom. The van der Waals surface area contributed by atoms with Crippen molar-refractivity contribution in [3.05, 3.63) is 0 Å². The molecule has 4 heteroatoms. The van der Waals surface area contributed by atoms with E-state index in [0.717, 1.165) is 30.3 Å². The van der Waals surface area contributed by atoms with E-state index in [1.54, 1.807) is 0 Å². The summed E-state index contributed by atoms with van der Waals surface area (Å²) in [5.74, 6) is 0. The maximum absolute atomic E-state index is 4.94. The van der Waals surface area contributed by atoms with Gasteiger partial charge in [-0.1, -0.05) is 39.9 Å². The molecule has 2 nitrogen and oxygen atoms in total. The molecular formula is C13H30N2S2. The second-order valence-corrected chi connectivity index (χ2v) is 5.13. The molecule has 0 atom stereocenters. The summed E-state index contributed by atoms with van der Waals surface area (Å²) in [6.07, 6.45) is 4.78. The molecule has 0 saturated carbocycles. The van der Waals surface area contributed by atoms with Crippen molar-refractivity contribution >= 4 is 29.2 Å². The zero-order chi connectivity index (χ0) is 13.5. The van der Waals surface area contributed by atoms with Crippen LogP contribution in [-0.4, -0.2) is 35.4 Å². The zero-order valence-corrected chi connectivity index (χ0v) is 13.7. The Morgan fingerprint density at radius 3 is 1.59 bits per heavy atom. The van der Waals surface area contributed by atoms with Gasteiger partial charge in [-0.3, -0.25) is 0 Å². The molecule has 1 N–H and O–H groups in total. The number of rotatable bonds is 8. The monoisotopic (exact) mass is 278 g/mol. The molecule has 0 saturated heterocycles. The van der Waals surface area contributed by atoms with Gasteiger partial charge in [0.05, 0.1) is 0 Å². The predicted molar refractivity (Wildman–Crippen MR) is 87.2 cm³/mol. The minimum Gasteiger partial charge on any atom is -0.358 e. The molecular weight excluding hydrogens is 248 g/mol. The van der Waals surface area contributed by atoms with Gasteiger partial charge in [-0.05, 0) is 38.8 Å². The van der Waals surface area contributed by atoms with Crippen LogP contribution in [0.3, 0.4) is 0 Å². The number of hydrogen-bond donors (Lipinski definition) is 2. The summed E-state index contributed by atoms with van der Waals surface area (Å²) in [6, 6.07) is 0. The quantitative estimate of drug-likeness (QED) is 0.400. The van der Waals surface area contributed by atoms with E-state index in [1.165, 1.54) is 25.9 Å². The Labute approximate surface area is 119 Å². The van der Waals surface area contributed by atoms with Gasteiger partial charge in [-0.25, -0.2) is 0 Å². The number of nitrogens with one attached hydrogen (secondary N) is 1. The minimum atomic E-state index is 0.726. The Kier molecular flexibility index (Phi) is 18.6. The molecule has 0 aliphatic heterocycles. The van der Waals surface area contributed by atoms with Crippen molar-refractivity contribution in [2.75, 3.05) is 26.2 Å². The molecule has 0 aromatic heterocycles. The largest absolute Gasteiger partial charge is 0.358 e. The van der Waals surface area contributed by atoms with Gasteiger partial charge in [0.2, 0.25) is 0 Å². The second-order valence-electron chi connectivity index (χ2n) is 4.02. The predicted octanol–water partition coefficient (Wildman–Crippen LogP) is 3.72. The van der Waals surface area contributed by atoms with Crippen LogP contribution >= 0.6 is 24.8 Å². The third kappa shape index (κ3) is 16.2. The average Bonchev–Trinajstić information content (AvgIpc) is 2.30. The summed E-state index contributed by atoms with van der Waals surface area (Å²) in [5.41, 5.74) is 0.